The third kappa shape index (κ3) is 2.21. The average molecular weight is 277 g/mol. The lowest BCUT2D eigenvalue weighted by molar-refractivity contribution is -0.548. The molecule has 1 aliphatic heterocycles. The van der Waals surface area contributed by atoms with Gasteiger partial charge < -0.3 is 9.84 Å². The summed E-state index contributed by atoms with van der Waals surface area (Å²) in [7, 11) is 0. The number of nitro groups is 1. The van der Waals surface area contributed by atoms with Crippen molar-refractivity contribution in [2.24, 2.45) is 5.92 Å². The van der Waals surface area contributed by atoms with Gasteiger partial charge in [0.25, 0.3) is 0 Å². The molecule has 1 saturated heterocycles. The molecule has 20 heavy (non-hydrogen) atoms. The zero-order valence-electron chi connectivity index (χ0n) is 11.3. The zero-order valence-corrected chi connectivity index (χ0v) is 11.3. The van der Waals surface area contributed by atoms with Gasteiger partial charge in [0, 0.05) is 17.3 Å². The van der Waals surface area contributed by atoms with E-state index in [1.165, 1.54) is 0 Å². The molecule has 0 amide bonds. The monoisotopic (exact) mass is 277 g/mol. The minimum absolute atomic E-state index is 0.0143. The SMILES string of the molecule is O=[N+]([O-])[C@@H]1CO[C@@]2(O)CCCC[C@@H]2[C@H]1c1ccccc1. The van der Waals surface area contributed by atoms with Crippen LogP contribution in [0.15, 0.2) is 30.3 Å². The first-order valence-electron chi connectivity index (χ1n) is 7.16. The van der Waals surface area contributed by atoms with Crippen LogP contribution in [-0.4, -0.2) is 28.5 Å². The second kappa shape index (κ2) is 5.14. The molecule has 1 aromatic rings. The van der Waals surface area contributed by atoms with Gasteiger partial charge in [0.15, 0.2) is 5.79 Å². The molecule has 0 radical (unpaired) electrons. The standard InChI is InChI=1S/C15H19NO4/c17-15-9-5-4-8-12(15)14(11-6-2-1-3-7-11)13(10-20-15)16(18)19/h1-3,6-7,12-14,17H,4-5,8-10H2/t12-,13-,14-,15+/m1/s1. The number of nitrogens with zero attached hydrogens (tertiary/aromatic N) is 1. The lowest BCUT2D eigenvalue weighted by Crippen LogP contribution is -2.56. The average Bonchev–Trinajstić information content (AvgIpc) is 2.46. The highest BCUT2D eigenvalue weighted by Gasteiger charge is 2.54. The molecule has 0 spiro atoms. The second-order valence-electron chi connectivity index (χ2n) is 5.80. The van der Waals surface area contributed by atoms with Gasteiger partial charge in [-0.3, -0.25) is 10.1 Å². The molecule has 3 rings (SSSR count). The van der Waals surface area contributed by atoms with Crippen molar-refractivity contribution in [3.8, 4) is 0 Å². The number of hydrogen-bond acceptors (Lipinski definition) is 4. The Kier molecular flexibility index (Phi) is 3.48. The fourth-order valence-electron chi connectivity index (χ4n) is 3.72. The lowest BCUT2D eigenvalue weighted by atomic mass is 9.68. The van der Waals surface area contributed by atoms with E-state index in [2.05, 4.69) is 0 Å². The van der Waals surface area contributed by atoms with Crippen LogP contribution in [0.25, 0.3) is 0 Å². The molecular weight excluding hydrogens is 258 g/mol. The number of rotatable bonds is 2. The van der Waals surface area contributed by atoms with Crippen LogP contribution in [0.4, 0.5) is 0 Å². The van der Waals surface area contributed by atoms with Crippen molar-refractivity contribution in [3.63, 3.8) is 0 Å². The van der Waals surface area contributed by atoms with E-state index in [4.69, 9.17) is 4.74 Å². The molecule has 108 valence electrons. The van der Waals surface area contributed by atoms with E-state index >= 15 is 0 Å². The van der Waals surface area contributed by atoms with Crippen molar-refractivity contribution < 1.29 is 14.8 Å². The summed E-state index contributed by atoms with van der Waals surface area (Å²) in [6.07, 6.45) is 3.26. The summed E-state index contributed by atoms with van der Waals surface area (Å²) in [5.41, 5.74) is 0.933. The van der Waals surface area contributed by atoms with Crippen molar-refractivity contribution >= 4 is 0 Å². The fourth-order valence-corrected chi connectivity index (χ4v) is 3.72. The smallest absolute Gasteiger partial charge is 0.243 e. The highest BCUT2D eigenvalue weighted by molar-refractivity contribution is 5.23. The Balaban J connectivity index is 2.00. The van der Waals surface area contributed by atoms with Crippen LogP contribution >= 0.6 is 0 Å². The van der Waals surface area contributed by atoms with E-state index in [1.54, 1.807) is 0 Å². The molecule has 1 saturated carbocycles. The summed E-state index contributed by atoms with van der Waals surface area (Å²) in [6.45, 7) is -0.0143. The Morgan fingerprint density at radius 3 is 2.75 bits per heavy atom. The van der Waals surface area contributed by atoms with Crippen LogP contribution in [0.5, 0.6) is 0 Å². The molecule has 1 N–H and O–H groups in total. The normalized spacial score (nSPS) is 37.1. The van der Waals surface area contributed by atoms with Crippen molar-refractivity contribution in [1.82, 2.24) is 0 Å². The number of aliphatic hydroxyl groups is 1. The van der Waals surface area contributed by atoms with Gasteiger partial charge in [-0.25, -0.2) is 0 Å². The Morgan fingerprint density at radius 2 is 2.05 bits per heavy atom. The predicted octanol–water partition coefficient (Wildman–Crippen LogP) is 2.32. The van der Waals surface area contributed by atoms with Gasteiger partial charge in [-0.2, -0.15) is 0 Å². The van der Waals surface area contributed by atoms with E-state index in [0.717, 1.165) is 24.8 Å². The molecule has 0 aromatic heterocycles. The topological polar surface area (TPSA) is 72.6 Å². The first-order valence-corrected chi connectivity index (χ1v) is 7.16. The maximum Gasteiger partial charge on any atom is 0.243 e. The second-order valence-corrected chi connectivity index (χ2v) is 5.80. The van der Waals surface area contributed by atoms with Gasteiger partial charge in [-0.05, 0) is 18.4 Å². The molecule has 4 atom stereocenters. The number of ether oxygens (including phenoxy) is 1. The van der Waals surface area contributed by atoms with Crippen LogP contribution in [0.1, 0.15) is 37.2 Å². The van der Waals surface area contributed by atoms with Crippen molar-refractivity contribution in [2.45, 2.75) is 43.4 Å². The molecule has 2 aliphatic rings. The molecular formula is C15H19NO4. The molecule has 1 aromatic carbocycles. The summed E-state index contributed by atoms with van der Waals surface area (Å²) >= 11 is 0. The molecule has 1 heterocycles. The summed E-state index contributed by atoms with van der Waals surface area (Å²) in [4.78, 5) is 11.1. The maximum absolute atomic E-state index is 11.4. The van der Waals surface area contributed by atoms with Crippen LogP contribution < -0.4 is 0 Å². The minimum atomic E-state index is -1.19. The summed E-state index contributed by atoms with van der Waals surface area (Å²) in [5, 5.41) is 22.0. The van der Waals surface area contributed by atoms with Crippen molar-refractivity contribution in [2.75, 3.05) is 6.61 Å². The third-order valence-corrected chi connectivity index (χ3v) is 4.69. The van der Waals surface area contributed by atoms with E-state index in [9.17, 15) is 15.2 Å². The molecule has 0 bridgehead atoms. The van der Waals surface area contributed by atoms with Gasteiger partial charge in [0.2, 0.25) is 6.04 Å². The predicted molar refractivity (Wildman–Crippen MR) is 72.8 cm³/mol. The Labute approximate surface area is 117 Å². The van der Waals surface area contributed by atoms with Gasteiger partial charge in [-0.15, -0.1) is 0 Å². The highest BCUT2D eigenvalue weighted by Crippen LogP contribution is 2.48. The quantitative estimate of drug-likeness (QED) is 0.665. The molecule has 2 fully saturated rings. The Hall–Kier alpha value is -1.46. The van der Waals surface area contributed by atoms with Crippen molar-refractivity contribution in [1.29, 1.82) is 0 Å². The summed E-state index contributed by atoms with van der Waals surface area (Å²) in [5.74, 6) is -1.65. The van der Waals surface area contributed by atoms with Crippen LogP contribution in [-0.2, 0) is 4.74 Å². The van der Waals surface area contributed by atoms with Gasteiger partial charge in [-0.1, -0.05) is 36.8 Å². The molecule has 5 nitrogen and oxygen atoms in total. The minimum Gasteiger partial charge on any atom is -0.365 e. The van der Waals surface area contributed by atoms with E-state index in [0.29, 0.717) is 6.42 Å². The van der Waals surface area contributed by atoms with E-state index < -0.39 is 11.8 Å². The number of fused-ring (bicyclic) bond motifs is 1. The number of hydrogen-bond donors (Lipinski definition) is 1. The zero-order chi connectivity index (χ0) is 14.2. The first kappa shape index (κ1) is 13.5. The van der Waals surface area contributed by atoms with Crippen LogP contribution in [0.2, 0.25) is 0 Å². The number of benzene rings is 1. The third-order valence-electron chi connectivity index (χ3n) is 4.69. The van der Waals surface area contributed by atoms with Gasteiger partial charge in [0.1, 0.15) is 6.61 Å². The summed E-state index contributed by atoms with van der Waals surface area (Å²) in [6, 6.07) is 8.74. The molecule has 1 aliphatic carbocycles. The summed E-state index contributed by atoms with van der Waals surface area (Å²) < 4.78 is 5.51. The lowest BCUT2D eigenvalue weighted by Gasteiger charge is -2.47. The Bertz CT molecular complexity index is 492. The van der Waals surface area contributed by atoms with Gasteiger partial charge >= 0.3 is 0 Å². The molecule has 5 heteroatoms. The maximum atomic E-state index is 11.4. The van der Waals surface area contributed by atoms with Crippen molar-refractivity contribution in [3.05, 3.63) is 46.0 Å². The van der Waals surface area contributed by atoms with Crippen LogP contribution in [0.3, 0.4) is 0 Å². The van der Waals surface area contributed by atoms with E-state index in [1.807, 2.05) is 30.3 Å². The van der Waals surface area contributed by atoms with Crippen LogP contribution in [0, 0.1) is 16.0 Å². The molecule has 0 unspecified atom stereocenters. The van der Waals surface area contributed by atoms with E-state index in [-0.39, 0.29) is 23.4 Å². The fraction of sp³-hybridized carbons (Fsp3) is 0.600. The van der Waals surface area contributed by atoms with Gasteiger partial charge in [0.05, 0.1) is 5.92 Å². The largest absolute Gasteiger partial charge is 0.365 e. The first-order chi connectivity index (χ1) is 9.62. The highest BCUT2D eigenvalue weighted by atomic mass is 16.7. The Morgan fingerprint density at radius 1 is 1.30 bits per heavy atom.